The molecule has 0 aliphatic carbocycles. The number of Topliss-reactive ketones (excluding diaryl/α,β-unsaturated/α-hetero) is 1. The average Bonchev–Trinajstić information content (AvgIpc) is 3.04. The maximum Gasteiger partial charge on any atom is 0.300 e. The number of benzene rings is 3. The SMILES string of the molecule is O=C1C(=O)N(c2ccc(F)c(F)c2)C(c2ccc(O)c(Cl)c2)/C1=C(\O)c1ccc(Cl)c(Cl)c1. The lowest BCUT2D eigenvalue weighted by atomic mass is 9.95. The van der Waals surface area contributed by atoms with E-state index >= 15 is 0 Å². The van der Waals surface area contributed by atoms with Gasteiger partial charge >= 0.3 is 0 Å². The standard InChI is InChI=1S/C23H12Cl3F2NO4/c24-13-4-1-11(8-14(13)25)21(31)19-20(10-2-6-18(30)15(26)7-10)29(23(33)22(19)32)12-3-5-16(27)17(28)9-12/h1-9,20,30-31H/b21-19+. The van der Waals surface area contributed by atoms with E-state index in [-0.39, 0.29) is 43.2 Å². The molecule has 1 saturated heterocycles. The van der Waals surface area contributed by atoms with Crippen LogP contribution in [-0.4, -0.2) is 21.9 Å². The van der Waals surface area contributed by atoms with Gasteiger partial charge in [0.1, 0.15) is 11.5 Å². The molecule has 3 aromatic carbocycles. The van der Waals surface area contributed by atoms with Crippen LogP contribution < -0.4 is 4.90 Å². The van der Waals surface area contributed by atoms with Crippen molar-refractivity contribution in [3.63, 3.8) is 0 Å². The third-order valence-electron chi connectivity index (χ3n) is 5.11. The number of aliphatic hydroxyl groups is 1. The van der Waals surface area contributed by atoms with Gasteiger partial charge in [0, 0.05) is 17.3 Å². The van der Waals surface area contributed by atoms with Crippen LogP contribution in [-0.2, 0) is 9.59 Å². The summed E-state index contributed by atoms with van der Waals surface area (Å²) in [6.07, 6.45) is 0. The van der Waals surface area contributed by atoms with Gasteiger partial charge in [-0.2, -0.15) is 0 Å². The van der Waals surface area contributed by atoms with E-state index in [0.717, 1.165) is 23.1 Å². The summed E-state index contributed by atoms with van der Waals surface area (Å²) in [6, 6.07) is 9.44. The van der Waals surface area contributed by atoms with Crippen molar-refractivity contribution in [3.8, 4) is 5.75 Å². The lowest BCUT2D eigenvalue weighted by Crippen LogP contribution is -2.29. The molecule has 0 bridgehead atoms. The Bertz CT molecular complexity index is 1360. The van der Waals surface area contributed by atoms with E-state index in [2.05, 4.69) is 0 Å². The van der Waals surface area contributed by atoms with Gasteiger partial charge in [0.05, 0.1) is 26.7 Å². The minimum absolute atomic E-state index is 0.0853. The van der Waals surface area contributed by atoms with Crippen molar-refractivity contribution >= 4 is 57.9 Å². The highest BCUT2D eigenvalue weighted by Crippen LogP contribution is 2.44. The number of carbonyl (C=O) groups excluding carboxylic acids is 2. The molecule has 1 aliphatic rings. The van der Waals surface area contributed by atoms with E-state index in [1.54, 1.807) is 0 Å². The molecule has 168 valence electrons. The summed E-state index contributed by atoms with van der Waals surface area (Å²) < 4.78 is 27.5. The topological polar surface area (TPSA) is 77.8 Å². The zero-order valence-corrected chi connectivity index (χ0v) is 18.6. The minimum atomic E-state index is -1.28. The quantitative estimate of drug-likeness (QED) is 0.248. The summed E-state index contributed by atoms with van der Waals surface area (Å²) in [6.45, 7) is 0. The van der Waals surface area contributed by atoms with Gasteiger partial charge in [0.15, 0.2) is 11.6 Å². The maximum absolute atomic E-state index is 14.0. The first kappa shape index (κ1) is 23.0. The molecule has 10 heteroatoms. The van der Waals surface area contributed by atoms with Crippen molar-refractivity contribution in [2.75, 3.05) is 4.90 Å². The number of ketones is 1. The monoisotopic (exact) mass is 509 g/mol. The third kappa shape index (κ3) is 4.04. The first-order valence-corrected chi connectivity index (χ1v) is 10.4. The number of anilines is 1. The van der Waals surface area contributed by atoms with Crippen LogP contribution in [0.4, 0.5) is 14.5 Å². The van der Waals surface area contributed by atoms with E-state index in [9.17, 15) is 28.6 Å². The first-order valence-electron chi connectivity index (χ1n) is 9.30. The van der Waals surface area contributed by atoms with Crippen LogP contribution in [0.2, 0.25) is 15.1 Å². The van der Waals surface area contributed by atoms with Gasteiger partial charge in [-0.25, -0.2) is 8.78 Å². The van der Waals surface area contributed by atoms with Gasteiger partial charge in [-0.15, -0.1) is 0 Å². The Morgan fingerprint density at radius 2 is 1.58 bits per heavy atom. The number of halogens is 5. The highest BCUT2D eigenvalue weighted by Gasteiger charge is 2.47. The molecule has 5 nitrogen and oxygen atoms in total. The lowest BCUT2D eigenvalue weighted by Gasteiger charge is -2.25. The highest BCUT2D eigenvalue weighted by atomic mass is 35.5. The van der Waals surface area contributed by atoms with Crippen molar-refractivity contribution < 1.29 is 28.6 Å². The number of hydrogen-bond donors (Lipinski definition) is 2. The lowest BCUT2D eigenvalue weighted by molar-refractivity contribution is -0.132. The Morgan fingerprint density at radius 3 is 2.21 bits per heavy atom. The average molecular weight is 511 g/mol. The second-order valence-corrected chi connectivity index (χ2v) is 8.33. The zero-order chi connectivity index (χ0) is 24.0. The van der Waals surface area contributed by atoms with Crippen LogP contribution in [0.1, 0.15) is 17.2 Å². The van der Waals surface area contributed by atoms with Crippen LogP contribution >= 0.6 is 34.8 Å². The molecule has 4 rings (SSSR count). The van der Waals surface area contributed by atoms with Crippen molar-refractivity contribution in [1.82, 2.24) is 0 Å². The number of aromatic hydroxyl groups is 1. The Hall–Kier alpha value is -3.13. The first-order chi connectivity index (χ1) is 15.6. The van der Waals surface area contributed by atoms with E-state index in [1.165, 1.54) is 36.4 Å². The summed E-state index contributed by atoms with van der Waals surface area (Å²) in [5.41, 5.74) is -0.144. The second kappa shape index (κ2) is 8.67. The number of rotatable bonds is 3. The molecule has 1 atom stereocenters. The van der Waals surface area contributed by atoms with Crippen LogP contribution in [0.5, 0.6) is 5.75 Å². The fourth-order valence-corrected chi connectivity index (χ4v) is 4.03. The Morgan fingerprint density at radius 1 is 0.848 bits per heavy atom. The number of hydrogen-bond acceptors (Lipinski definition) is 4. The molecule has 0 radical (unpaired) electrons. The molecule has 1 aliphatic heterocycles. The number of carbonyl (C=O) groups is 2. The molecule has 33 heavy (non-hydrogen) atoms. The van der Waals surface area contributed by atoms with Crippen molar-refractivity contribution in [3.05, 3.63) is 98.0 Å². The second-order valence-electron chi connectivity index (χ2n) is 7.11. The zero-order valence-electron chi connectivity index (χ0n) is 16.3. The molecular weight excluding hydrogens is 499 g/mol. The Labute approximate surface area is 201 Å². The van der Waals surface area contributed by atoms with Crippen LogP contribution in [0.25, 0.3) is 5.76 Å². The normalized spacial score (nSPS) is 17.6. The van der Waals surface area contributed by atoms with Crippen LogP contribution in [0.3, 0.4) is 0 Å². The van der Waals surface area contributed by atoms with Crippen molar-refractivity contribution in [2.45, 2.75) is 6.04 Å². The van der Waals surface area contributed by atoms with E-state index in [1.807, 2.05) is 0 Å². The Kier molecular flexibility index (Phi) is 6.05. The fraction of sp³-hybridized carbons (Fsp3) is 0.0435. The van der Waals surface area contributed by atoms with Gasteiger partial charge in [0.25, 0.3) is 11.7 Å². The Balaban J connectivity index is 1.98. The largest absolute Gasteiger partial charge is 0.507 e. The molecule has 1 unspecified atom stereocenters. The predicted octanol–water partition coefficient (Wildman–Crippen LogP) is 6.26. The van der Waals surface area contributed by atoms with Crippen molar-refractivity contribution in [2.24, 2.45) is 0 Å². The number of phenolic OH excluding ortho intramolecular Hbond substituents is 1. The number of phenols is 1. The number of nitrogens with zero attached hydrogens (tertiary/aromatic N) is 1. The van der Waals surface area contributed by atoms with Crippen molar-refractivity contribution in [1.29, 1.82) is 0 Å². The fourth-order valence-electron chi connectivity index (χ4n) is 3.54. The number of amides is 1. The summed E-state index contributed by atoms with van der Waals surface area (Å²) in [7, 11) is 0. The summed E-state index contributed by atoms with van der Waals surface area (Å²) >= 11 is 18.0. The van der Waals surface area contributed by atoms with Gasteiger partial charge in [-0.05, 0) is 48.0 Å². The maximum atomic E-state index is 14.0. The summed E-state index contributed by atoms with van der Waals surface area (Å²) in [5, 5.41) is 21.0. The third-order valence-corrected chi connectivity index (χ3v) is 6.15. The van der Waals surface area contributed by atoms with Gasteiger partial charge in [-0.3, -0.25) is 14.5 Å². The molecule has 3 aromatic rings. The molecule has 1 fully saturated rings. The van der Waals surface area contributed by atoms with E-state index < -0.39 is 35.1 Å². The molecular formula is C23H12Cl3F2NO4. The minimum Gasteiger partial charge on any atom is -0.507 e. The molecule has 1 heterocycles. The molecule has 1 amide bonds. The van der Waals surface area contributed by atoms with Crippen LogP contribution in [0, 0.1) is 11.6 Å². The highest BCUT2D eigenvalue weighted by molar-refractivity contribution is 6.52. The van der Waals surface area contributed by atoms with Gasteiger partial charge in [-0.1, -0.05) is 40.9 Å². The predicted molar refractivity (Wildman–Crippen MR) is 121 cm³/mol. The van der Waals surface area contributed by atoms with Gasteiger partial charge in [0.2, 0.25) is 0 Å². The van der Waals surface area contributed by atoms with Gasteiger partial charge < -0.3 is 10.2 Å². The summed E-state index contributed by atoms with van der Waals surface area (Å²) in [4.78, 5) is 26.9. The van der Waals surface area contributed by atoms with Crippen LogP contribution in [0.15, 0.2) is 60.2 Å². The summed E-state index contributed by atoms with van der Waals surface area (Å²) in [5.74, 6) is -5.35. The molecule has 0 spiro atoms. The smallest absolute Gasteiger partial charge is 0.300 e. The molecule has 0 aromatic heterocycles. The molecule has 0 saturated carbocycles. The number of aliphatic hydroxyl groups excluding tert-OH is 1. The van der Waals surface area contributed by atoms with E-state index in [0.29, 0.717) is 0 Å². The molecule has 2 N–H and O–H groups in total. The van der Waals surface area contributed by atoms with E-state index in [4.69, 9.17) is 34.8 Å².